The molecule has 4 rings (SSSR count). The van der Waals surface area contributed by atoms with Crippen molar-refractivity contribution in [2.45, 2.75) is 31.8 Å². The standard InChI is InChI=1S/C19H24N4O3/c1-22(2)18(12-7-8-16-17(9-12)26-11-25-16)19(24)23(3)10-15-13-5-4-6-14(13)20-21-15/h7-9,18H,4-6,10-11H2,1-3H3,(H,20,21). The van der Waals surface area contributed by atoms with Crippen molar-refractivity contribution >= 4 is 5.91 Å². The maximum atomic E-state index is 13.2. The van der Waals surface area contributed by atoms with Crippen molar-refractivity contribution in [2.75, 3.05) is 27.9 Å². The van der Waals surface area contributed by atoms with E-state index in [4.69, 9.17) is 9.47 Å². The summed E-state index contributed by atoms with van der Waals surface area (Å²) in [6.45, 7) is 0.739. The van der Waals surface area contributed by atoms with Gasteiger partial charge in [0.25, 0.3) is 0 Å². The monoisotopic (exact) mass is 356 g/mol. The van der Waals surface area contributed by atoms with Gasteiger partial charge in [0.15, 0.2) is 11.5 Å². The molecule has 2 aliphatic rings. The normalized spacial score (nSPS) is 16.0. The molecule has 1 aliphatic carbocycles. The molecule has 0 spiro atoms. The second kappa shape index (κ2) is 6.64. The Balaban J connectivity index is 1.55. The first-order chi connectivity index (χ1) is 12.5. The van der Waals surface area contributed by atoms with Crippen LogP contribution in [-0.2, 0) is 24.2 Å². The Labute approximate surface area is 152 Å². The van der Waals surface area contributed by atoms with E-state index >= 15 is 0 Å². The molecule has 7 heteroatoms. The molecule has 1 aliphatic heterocycles. The Hall–Kier alpha value is -2.54. The van der Waals surface area contributed by atoms with Gasteiger partial charge in [0, 0.05) is 12.7 Å². The van der Waals surface area contributed by atoms with Crippen LogP contribution < -0.4 is 9.47 Å². The second-order valence-electron chi connectivity index (χ2n) is 7.15. The van der Waals surface area contributed by atoms with Crippen molar-refractivity contribution in [3.8, 4) is 11.5 Å². The minimum Gasteiger partial charge on any atom is -0.454 e. The number of aryl methyl sites for hydroxylation is 1. The van der Waals surface area contributed by atoms with Crippen LogP contribution in [0.4, 0.5) is 0 Å². The molecule has 7 nitrogen and oxygen atoms in total. The molecular formula is C19H24N4O3. The van der Waals surface area contributed by atoms with E-state index in [1.54, 1.807) is 4.90 Å². The van der Waals surface area contributed by atoms with E-state index in [1.807, 2.05) is 44.2 Å². The number of ether oxygens (including phenoxy) is 2. The second-order valence-corrected chi connectivity index (χ2v) is 7.15. The Morgan fingerprint density at radius 3 is 2.85 bits per heavy atom. The van der Waals surface area contributed by atoms with Gasteiger partial charge in [-0.1, -0.05) is 6.07 Å². The van der Waals surface area contributed by atoms with Gasteiger partial charge < -0.3 is 14.4 Å². The van der Waals surface area contributed by atoms with Crippen LogP contribution in [0.25, 0.3) is 0 Å². The summed E-state index contributed by atoms with van der Waals surface area (Å²) in [7, 11) is 5.66. The van der Waals surface area contributed by atoms with E-state index < -0.39 is 0 Å². The molecule has 2 aromatic rings. The number of rotatable bonds is 5. The van der Waals surface area contributed by atoms with E-state index in [2.05, 4.69) is 10.2 Å². The Morgan fingerprint density at radius 2 is 2.04 bits per heavy atom. The van der Waals surface area contributed by atoms with Crippen molar-refractivity contribution in [1.29, 1.82) is 0 Å². The van der Waals surface area contributed by atoms with Gasteiger partial charge in [-0.25, -0.2) is 0 Å². The van der Waals surface area contributed by atoms with E-state index in [9.17, 15) is 4.79 Å². The molecule has 138 valence electrons. The number of benzene rings is 1. The summed E-state index contributed by atoms with van der Waals surface area (Å²) in [5, 5.41) is 7.53. The van der Waals surface area contributed by atoms with Gasteiger partial charge in [-0.15, -0.1) is 0 Å². The Bertz CT molecular complexity index is 830. The number of carbonyl (C=O) groups excluding carboxylic acids is 1. The largest absolute Gasteiger partial charge is 0.454 e. The van der Waals surface area contributed by atoms with E-state index in [0.717, 1.165) is 36.3 Å². The molecule has 0 radical (unpaired) electrons. The fraction of sp³-hybridized carbons (Fsp3) is 0.474. The number of likely N-dealkylation sites (N-methyl/N-ethyl adjacent to an activating group) is 2. The predicted molar refractivity (Wildman–Crippen MR) is 96.1 cm³/mol. The molecule has 1 amide bonds. The van der Waals surface area contributed by atoms with Crippen LogP contribution in [0.2, 0.25) is 0 Å². The molecule has 1 N–H and O–H groups in total. The number of nitrogens with one attached hydrogen (secondary N) is 1. The van der Waals surface area contributed by atoms with Crippen LogP contribution in [0.5, 0.6) is 11.5 Å². The molecular weight excluding hydrogens is 332 g/mol. The molecule has 2 heterocycles. The first-order valence-electron chi connectivity index (χ1n) is 8.90. The van der Waals surface area contributed by atoms with Gasteiger partial charge in [0.1, 0.15) is 6.04 Å². The van der Waals surface area contributed by atoms with Crippen LogP contribution in [0.1, 0.15) is 35.0 Å². The number of carbonyl (C=O) groups is 1. The highest BCUT2D eigenvalue weighted by Gasteiger charge is 2.29. The number of hydrogen-bond acceptors (Lipinski definition) is 5. The summed E-state index contributed by atoms with van der Waals surface area (Å²) in [5.41, 5.74) is 4.38. The molecule has 1 atom stereocenters. The fourth-order valence-electron chi connectivity index (χ4n) is 3.77. The van der Waals surface area contributed by atoms with Crippen molar-refractivity contribution in [1.82, 2.24) is 20.0 Å². The van der Waals surface area contributed by atoms with Crippen molar-refractivity contribution in [3.05, 3.63) is 40.7 Å². The van der Waals surface area contributed by atoms with Crippen molar-refractivity contribution in [3.63, 3.8) is 0 Å². The van der Waals surface area contributed by atoms with Gasteiger partial charge in [-0.2, -0.15) is 5.10 Å². The number of aromatic amines is 1. The third-order valence-electron chi connectivity index (χ3n) is 5.12. The smallest absolute Gasteiger partial charge is 0.244 e. The molecule has 0 saturated heterocycles. The third-order valence-corrected chi connectivity index (χ3v) is 5.12. The zero-order chi connectivity index (χ0) is 18.3. The topological polar surface area (TPSA) is 70.7 Å². The molecule has 1 unspecified atom stereocenters. The number of aromatic nitrogens is 2. The maximum absolute atomic E-state index is 13.2. The van der Waals surface area contributed by atoms with Gasteiger partial charge in [-0.05, 0) is 56.6 Å². The van der Waals surface area contributed by atoms with Crippen LogP contribution in [0.15, 0.2) is 18.2 Å². The first-order valence-corrected chi connectivity index (χ1v) is 8.90. The molecule has 0 bridgehead atoms. The number of H-pyrrole nitrogens is 1. The zero-order valence-electron chi connectivity index (χ0n) is 15.4. The Morgan fingerprint density at radius 1 is 1.23 bits per heavy atom. The lowest BCUT2D eigenvalue weighted by atomic mass is 10.0. The summed E-state index contributed by atoms with van der Waals surface area (Å²) < 4.78 is 10.8. The van der Waals surface area contributed by atoms with Crippen LogP contribution in [-0.4, -0.2) is 53.8 Å². The summed E-state index contributed by atoms with van der Waals surface area (Å²) in [4.78, 5) is 16.9. The van der Waals surface area contributed by atoms with Crippen LogP contribution in [0, 0.1) is 0 Å². The molecule has 26 heavy (non-hydrogen) atoms. The minimum atomic E-state index is -0.388. The highest BCUT2D eigenvalue weighted by atomic mass is 16.7. The number of fused-ring (bicyclic) bond motifs is 2. The zero-order valence-corrected chi connectivity index (χ0v) is 15.4. The first kappa shape index (κ1) is 16.9. The summed E-state index contributed by atoms with van der Waals surface area (Å²) in [6, 6.07) is 5.30. The predicted octanol–water partition coefficient (Wildman–Crippen LogP) is 1.89. The number of amides is 1. The maximum Gasteiger partial charge on any atom is 0.244 e. The lowest BCUT2D eigenvalue weighted by Crippen LogP contribution is -2.38. The average molecular weight is 356 g/mol. The highest BCUT2D eigenvalue weighted by molar-refractivity contribution is 5.83. The van der Waals surface area contributed by atoms with E-state index in [-0.39, 0.29) is 18.7 Å². The number of nitrogens with zero attached hydrogens (tertiary/aromatic N) is 3. The van der Waals surface area contributed by atoms with Crippen LogP contribution >= 0.6 is 0 Å². The quantitative estimate of drug-likeness (QED) is 0.886. The highest BCUT2D eigenvalue weighted by Crippen LogP contribution is 2.35. The van der Waals surface area contributed by atoms with Gasteiger partial charge in [0.2, 0.25) is 12.7 Å². The van der Waals surface area contributed by atoms with Crippen molar-refractivity contribution < 1.29 is 14.3 Å². The van der Waals surface area contributed by atoms with Crippen molar-refractivity contribution in [2.24, 2.45) is 0 Å². The molecule has 0 fully saturated rings. The lowest BCUT2D eigenvalue weighted by molar-refractivity contribution is -0.135. The SMILES string of the molecule is CN(Cc1n[nH]c2c1CCC2)C(=O)C(c1ccc2c(c1)OCO2)N(C)C. The molecule has 1 aromatic carbocycles. The lowest BCUT2D eigenvalue weighted by Gasteiger charge is -2.28. The van der Waals surface area contributed by atoms with E-state index in [1.165, 1.54) is 11.3 Å². The fourth-order valence-corrected chi connectivity index (χ4v) is 3.77. The van der Waals surface area contributed by atoms with Gasteiger partial charge in [0.05, 0.1) is 12.2 Å². The van der Waals surface area contributed by atoms with E-state index in [0.29, 0.717) is 12.3 Å². The van der Waals surface area contributed by atoms with Gasteiger partial charge >= 0.3 is 0 Å². The number of hydrogen-bond donors (Lipinski definition) is 1. The Kier molecular flexibility index (Phi) is 4.32. The summed E-state index contributed by atoms with van der Waals surface area (Å²) in [6.07, 6.45) is 3.26. The molecule has 0 saturated carbocycles. The molecule has 1 aromatic heterocycles. The average Bonchev–Trinajstić information content (AvgIpc) is 3.32. The van der Waals surface area contributed by atoms with Gasteiger partial charge in [-0.3, -0.25) is 14.8 Å². The summed E-state index contributed by atoms with van der Waals surface area (Å²) >= 11 is 0. The summed E-state index contributed by atoms with van der Waals surface area (Å²) in [5.74, 6) is 1.44. The minimum absolute atomic E-state index is 0.0311. The van der Waals surface area contributed by atoms with Crippen LogP contribution in [0.3, 0.4) is 0 Å². The third kappa shape index (κ3) is 2.92.